The highest BCUT2D eigenvalue weighted by atomic mass is 19.3. The van der Waals surface area contributed by atoms with Crippen LogP contribution in [0.15, 0.2) is 18.3 Å². The molecule has 29 heavy (non-hydrogen) atoms. The van der Waals surface area contributed by atoms with Crippen LogP contribution in [0.25, 0.3) is 0 Å². The van der Waals surface area contributed by atoms with Gasteiger partial charge in [0.05, 0.1) is 13.0 Å². The highest BCUT2D eigenvalue weighted by Crippen LogP contribution is 2.57. The van der Waals surface area contributed by atoms with Gasteiger partial charge >= 0.3 is 5.97 Å². The highest BCUT2D eigenvalue weighted by molar-refractivity contribution is 5.77. The van der Waals surface area contributed by atoms with E-state index in [0.29, 0.717) is 58.0 Å². The Morgan fingerprint density at radius 2 is 2.00 bits per heavy atom. The van der Waals surface area contributed by atoms with Gasteiger partial charge in [-0.3, -0.25) is 9.59 Å². The van der Waals surface area contributed by atoms with E-state index < -0.39 is 5.92 Å². The molecule has 0 bridgehead atoms. The van der Waals surface area contributed by atoms with Crippen molar-refractivity contribution in [2.45, 2.75) is 43.9 Å². The number of hydrogen-bond acceptors (Lipinski definition) is 5. The summed E-state index contributed by atoms with van der Waals surface area (Å²) in [4.78, 5) is 31.8. The molecule has 3 saturated heterocycles. The lowest BCUT2D eigenvalue weighted by Gasteiger charge is -2.59. The predicted molar refractivity (Wildman–Crippen MR) is 101 cm³/mol. The maximum Gasteiger partial charge on any atom is 0.306 e. The van der Waals surface area contributed by atoms with Crippen LogP contribution >= 0.6 is 0 Å². The molecule has 4 aliphatic rings. The molecule has 1 saturated carbocycles. The molecular formula is C21H25F2N3O3. The predicted octanol–water partition coefficient (Wildman–Crippen LogP) is 2.59. The molecule has 0 aromatic carbocycles. The number of aromatic nitrogens is 1. The van der Waals surface area contributed by atoms with E-state index in [-0.39, 0.29) is 36.1 Å². The first-order valence-electron chi connectivity index (χ1n) is 10.3. The van der Waals surface area contributed by atoms with Gasteiger partial charge in [0, 0.05) is 68.9 Å². The first kappa shape index (κ1) is 18.8. The van der Waals surface area contributed by atoms with E-state index in [9.17, 15) is 18.4 Å². The summed E-state index contributed by atoms with van der Waals surface area (Å²) in [7, 11) is 0. The van der Waals surface area contributed by atoms with Crippen molar-refractivity contribution in [2.24, 2.45) is 11.3 Å². The van der Waals surface area contributed by atoms with E-state index in [1.807, 2.05) is 23.2 Å². The fourth-order valence-corrected chi connectivity index (χ4v) is 5.15. The molecule has 0 N–H and O–H groups in total. The zero-order valence-corrected chi connectivity index (χ0v) is 16.3. The third kappa shape index (κ3) is 3.57. The Kier molecular flexibility index (Phi) is 4.29. The lowest BCUT2D eigenvalue weighted by Crippen LogP contribution is -2.66. The van der Waals surface area contributed by atoms with E-state index in [4.69, 9.17) is 4.74 Å². The number of nitrogens with zero attached hydrogens (tertiary/aromatic N) is 3. The molecule has 8 heteroatoms. The van der Waals surface area contributed by atoms with Crippen molar-refractivity contribution < 1.29 is 23.1 Å². The number of alkyl halides is 2. The van der Waals surface area contributed by atoms with Crippen LogP contribution < -0.4 is 4.90 Å². The second-order valence-electron chi connectivity index (χ2n) is 9.30. The van der Waals surface area contributed by atoms with Gasteiger partial charge in [-0.05, 0) is 18.1 Å². The van der Waals surface area contributed by atoms with E-state index >= 15 is 0 Å². The second kappa shape index (κ2) is 6.64. The first-order chi connectivity index (χ1) is 13.8. The van der Waals surface area contributed by atoms with E-state index in [1.165, 1.54) is 0 Å². The number of anilines is 1. The number of cyclic esters (lactones) is 1. The molecule has 1 atom stereocenters. The van der Waals surface area contributed by atoms with Crippen molar-refractivity contribution in [3.05, 3.63) is 23.9 Å². The SMILES string of the molecule is O=C1C[C@H](CCC(=O)N2CC(c3ccc(N4CC5(C4)CC(F)(F)C5)nc3)C2)CO1. The lowest BCUT2D eigenvalue weighted by atomic mass is 9.61. The minimum Gasteiger partial charge on any atom is -0.465 e. The van der Waals surface area contributed by atoms with Crippen LogP contribution in [0.3, 0.4) is 0 Å². The van der Waals surface area contributed by atoms with Gasteiger partial charge in [0.2, 0.25) is 11.8 Å². The smallest absolute Gasteiger partial charge is 0.306 e. The Bertz CT molecular complexity index is 807. The minimum atomic E-state index is -2.47. The van der Waals surface area contributed by atoms with Gasteiger partial charge in [-0.15, -0.1) is 0 Å². The molecule has 1 spiro atoms. The van der Waals surface area contributed by atoms with E-state index in [0.717, 1.165) is 11.4 Å². The molecule has 1 aromatic heterocycles. The molecular weight excluding hydrogens is 380 g/mol. The molecule has 0 unspecified atom stereocenters. The third-order valence-corrected chi connectivity index (χ3v) is 6.82. The molecule has 4 fully saturated rings. The van der Waals surface area contributed by atoms with Crippen molar-refractivity contribution in [1.29, 1.82) is 0 Å². The van der Waals surface area contributed by atoms with Crippen LogP contribution in [0.1, 0.15) is 43.6 Å². The molecule has 6 nitrogen and oxygen atoms in total. The lowest BCUT2D eigenvalue weighted by molar-refractivity contribution is -0.170. The molecule has 1 amide bonds. The fourth-order valence-electron chi connectivity index (χ4n) is 5.15. The summed E-state index contributed by atoms with van der Waals surface area (Å²) in [5.41, 5.74) is 0.911. The van der Waals surface area contributed by atoms with Gasteiger partial charge in [0.1, 0.15) is 5.82 Å². The third-order valence-electron chi connectivity index (χ3n) is 6.82. The number of rotatable bonds is 5. The van der Waals surface area contributed by atoms with Crippen LogP contribution in [-0.2, 0) is 14.3 Å². The van der Waals surface area contributed by atoms with E-state index in [1.54, 1.807) is 0 Å². The molecule has 1 aromatic rings. The van der Waals surface area contributed by atoms with Gasteiger partial charge in [0.25, 0.3) is 0 Å². The highest BCUT2D eigenvalue weighted by Gasteiger charge is 2.61. The molecule has 1 aliphatic carbocycles. The molecule has 0 radical (unpaired) electrons. The van der Waals surface area contributed by atoms with Gasteiger partial charge in [0.15, 0.2) is 0 Å². The summed E-state index contributed by atoms with van der Waals surface area (Å²) in [6.07, 6.45) is 3.44. The normalized spacial score (nSPS) is 27.2. The van der Waals surface area contributed by atoms with Gasteiger partial charge < -0.3 is 14.5 Å². The Hall–Kier alpha value is -2.25. The summed E-state index contributed by atoms with van der Waals surface area (Å²) < 4.78 is 31.2. The second-order valence-corrected chi connectivity index (χ2v) is 9.30. The summed E-state index contributed by atoms with van der Waals surface area (Å²) >= 11 is 0. The van der Waals surface area contributed by atoms with Crippen molar-refractivity contribution in [3.63, 3.8) is 0 Å². The van der Waals surface area contributed by atoms with Crippen LogP contribution in [-0.4, -0.2) is 60.5 Å². The topological polar surface area (TPSA) is 62.7 Å². The van der Waals surface area contributed by atoms with Crippen molar-refractivity contribution >= 4 is 17.7 Å². The van der Waals surface area contributed by atoms with Crippen molar-refractivity contribution in [3.8, 4) is 0 Å². The molecule has 156 valence electrons. The summed E-state index contributed by atoms with van der Waals surface area (Å²) in [6.45, 7) is 3.16. The van der Waals surface area contributed by atoms with E-state index in [2.05, 4.69) is 9.88 Å². The number of hydrogen-bond donors (Lipinski definition) is 0. The van der Waals surface area contributed by atoms with Crippen molar-refractivity contribution in [2.75, 3.05) is 37.7 Å². The van der Waals surface area contributed by atoms with Gasteiger partial charge in [-0.25, -0.2) is 13.8 Å². The number of amides is 1. The largest absolute Gasteiger partial charge is 0.465 e. The van der Waals surface area contributed by atoms with Crippen LogP contribution in [0.5, 0.6) is 0 Å². The number of carbonyl (C=O) groups excluding carboxylic acids is 2. The maximum absolute atomic E-state index is 13.1. The number of halogens is 2. The standard InChI is InChI=1S/C21H25F2N3O3/c22-21(23)10-20(11-21)12-26(13-20)17-3-2-15(6-24-17)16-7-25(8-16)18(27)4-1-14-5-19(28)29-9-14/h2-3,6,14,16H,1,4-5,7-13H2/t14-/m0/s1. The van der Waals surface area contributed by atoms with Crippen LogP contribution in [0, 0.1) is 11.3 Å². The van der Waals surface area contributed by atoms with Gasteiger partial charge in [-0.1, -0.05) is 6.07 Å². The molecule has 5 rings (SSSR count). The Balaban J connectivity index is 1.06. The number of carbonyl (C=O) groups is 2. The number of esters is 1. The molecule has 3 aliphatic heterocycles. The van der Waals surface area contributed by atoms with Crippen LogP contribution in [0.4, 0.5) is 14.6 Å². The van der Waals surface area contributed by atoms with Crippen molar-refractivity contribution in [1.82, 2.24) is 9.88 Å². The Morgan fingerprint density at radius 3 is 2.59 bits per heavy atom. The zero-order chi connectivity index (χ0) is 20.2. The number of pyridine rings is 1. The average molecular weight is 405 g/mol. The number of ether oxygens (including phenoxy) is 1. The maximum atomic E-state index is 13.1. The summed E-state index contributed by atoms with van der Waals surface area (Å²) in [6, 6.07) is 4.00. The van der Waals surface area contributed by atoms with Crippen LogP contribution in [0.2, 0.25) is 0 Å². The zero-order valence-electron chi connectivity index (χ0n) is 16.3. The Morgan fingerprint density at radius 1 is 1.24 bits per heavy atom. The summed E-state index contributed by atoms with van der Waals surface area (Å²) in [5, 5.41) is 0. The molecule has 4 heterocycles. The quantitative estimate of drug-likeness (QED) is 0.705. The average Bonchev–Trinajstić information content (AvgIpc) is 3.00. The summed E-state index contributed by atoms with van der Waals surface area (Å²) in [5.74, 6) is -1.19. The first-order valence-corrected chi connectivity index (χ1v) is 10.3. The monoisotopic (exact) mass is 405 g/mol. The fraction of sp³-hybridized carbons (Fsp3) is 0.667. The number of likely N-dealkylation sites (tertiary alicyclic amines) is 1. The van der Waals surface area contributed by atoms with Gasteiger partial charge in [-0.2, -0.15) is 0 Å². The Labute approximate surface area is 168 Å². The minimum absolute atomic E-state index is 0.00456.